The Morgan fingerprint density at radius 3 is 2.28 bits per heavy atom. The minimum atomic E-state index is -0.847. The lowest BCUT2D eigenvalue weighted by Gasteiger charge is -2.26. The molecule has 1 saturated heterocycles. The normalized spacial score (nSPS) is 16.8. The highest BCUT2D eigenvalue weighted by atomic mass is 16.5. The Kier molecular flexibility index (Phi) is 7.59. The van der Waals surface area contributed by atoms with Gasteiger partial charge in [0.15, 0.2) is 11.5 Å². The van der Waals surface area contributed by atoms with Crippen LogP contribution in [-0.4, -0.2) is 46.6 Å². The van der Waals surface area contributed by atoms with E-state index in [1.54, 1.807) is 43.3 Å². The number of carbonyl (C=O) groups excluding carboxylic acids is 2. The number of benzene rings is 3. The van der Waals surface area contributed by atoms with Crippen LogP contribution >= 0.6 is 0 Å². The van der Waals surface area contributed by atoms with Gasteiger partial charge in [0.1, 0.15) is 11.5 Å². The number of rotatable bonds is 9. The summed E-state index contributed by atoms with van der Waals surface area (Å²) >= 11 is 0. The summed E-state index contributed by atoms with van der Waals surface area (Å²) in [7, 11) is 0. The highest BCUT2D eigenvalue weighted by Gasteiger charge is 2.46. The molecule has 0 aliphatic carbocycles. The number of amides is 1. The van der Waals surface area contributed by atoms with Gasteiger partial charge in [-0.25, -0.2) is 0 Å². The van der Waals surface area contributed by atoms with Crippen molar-refractivity contribution in [2.75, 3.05) is 19.8 Å². The molecule has 3 aromatic rings. The molecule has 186 valence electrons. The van der Waals surface area contributed by atoms with Gasteiger partial charge in [-0.15, -0.1) is 0 Å². The Hall–Kier alpha value is -4.26. The number of aliphatic hydroxyl groups excluding tert-OH is 1. The molecule has 1 fully saturated rings. The number of phenolic OH excluding ortho intramolecular Hbond substituents is 1. The van der Waals surface area contributed by atoms with Gasteiger partial charge >= 0.3 is 0 Å². The number of nitrogens with zero attached hydrogens (tertiary/aromatic N) is 1. The summed E-state index contributed by atoms with van der Waals surface area (Å²) in [4.78, 5) is 27.9. The molecule has 0 bridgehead atoms. The maximum Gasteiger partial charge on any atom is 0.295 e. The molecule has 3 aromatic carbocycles. The van der Waals surface area contributed by atoms with Gasteiger partial charge in [0.25, 0.3) is 11.7 Å². The number of aliphatic hydroxyl groups is 1. The lowest BCUT2D eigenvalue weighted by atomic mass is 9.94. The average Bonchev–Trinajstić information content (AvgIpc) is 3.14. The SMILES string of the molecule is CCOc1ccc(C(O)=C2C(=O)C(=O)N(CCc3ccccc3)C2c2ccc(O)c(OCC)c2)cc1. The smallest absolute Gasteiger partial charge is 0.295 e. The first-order valence-electron chi connectivity index (χ1n) is 12.0. The summed E-state index contributed by atoms with van der Waals surface area (Å²) in [5, 5.41) is 21.5. The number of hydrogen-bond donors (Lipinski definition) is 2. The van der Waals surface area contributed by atoms with Gasteiger partial charge in [0, 0.05) is 12.1 Å². The molecule has 1 amide bonds. The Labute approximate surface area is 210 Å². The van der Waals surface area contributed by atoms with Crippen molar-refractivity contribution < 1.29 is 29.3 Å². The molecule has 1 aliphatic rings. The number of carbonyl (C=O) groups is 2. The maximum absolute atomic E-state index is 13.3. The van der Waals surface area contributed by atoms with Gasteiger partial charge in [-0.05, 0) is 67.8 Å². The molecule has 0 spiro atoms. The Morgan fingerprint density at radius 2 is 1.61 bits per heavy atom. The van der Waals surface area contributed by atoms with Crippen molar-refractivity contribution >= 4 is 17.4 Å². The van der Waals surface area contributed by atoms with Crippen molar-refractivity contribution in [2.24, 2.45) is 0 Å². The molecule has 0 radical (unpaired) electrons. The molecular weight excluding hydrogens is 458 g/mol. The van der Waals surface area contributed by atoms with E-state index < -0.39 is 17.7 Å². The van der Waals surface area contributed by atoms with Crippen LogP contribution in [0, 0.1) is 0 Å². The second kappa shape index (κ2) is 11.0. The van der Waals surface area contributed by atoms with Crippen molar-refractivity contribution in [1.29, 1.82) is 0 Å². The third-order valence-corrected chi connectivity index (χ3v) is 6.06. The number of ether oxygens (including phenoxy) is 2. The number of aromatic hydroxyl groups is 1. The molecule has 2 N–H and O–H groups in total. The van der Waals surface area contributed by atoms with E-state index in [1.807, 2.05) is 37.3 Å². The number of phenols is 1. The molecule has 0 aromatic heterocycles. The zero-order chi connectivity index (χ0) is 25.7. The minimum absolute atomic E-state index is 0.00893. The first-order chi connectivity index (χ1) is 17.4. The summed E-state index contributed by atoms with van der Waals surface area (Å²) < 4.78 is 11.0. The van der Waals surface area contributed by atoms with E-state index in [2.05, 4.69) is 0 Å². The van der Waals surface area contributed by atoms with Gasteiger partial charge in [-0.1, -0.05) is 36.4 Å². The largest absolute Gasteiger partial charge is 0.507 e. The summed E-state index contributed by atoms with van der Waals surface area (Å²) in [5.41, 5.74) is 1.96. The van der Waals surface area contributed by atoms with Gasteiger partial charge in [-0.2, -0.15) is 0 Å². The fourth-order valence-electron chi connectivity index (χ4n) is 4.35. The Bertz CT molecular complexity index is 1270. The predicted octanol–water partition coefficient (Wildman–Crippen LogP) is 4.85. The monoisotopic (exact) mass is 487 g/mol. The first-order valence-corrected chi connectivity index (χ1v) is 12.0. The van der Waals surface area contributed by atoms with Gasteiger partial charge in [0.2, 0.25) is 0 Å². The second-order valence-electron chi connectivity index (χ2n) is 8.35. The highest BCUT2D eigenvalue weighted by Crippen LogP contribution is 2.42. The molecule has 1 atom stereocenters. The van der Waals surface area contributed by atoms with Crippen molar-refractivity contribution in [3.05, 3.63) is 95.1 Å². The van der Waals surface area contributed by atoms with Crippen LogP contribution in [-0.2, 0) is 16.0 Å². The molecule has 4 rings (SSSR count). The topological polar surface area (TPSA) is 96.3 Å². The molecule has 36 heavy (non-hydrogen) atoms. The Morgan fingerprint density at radius 1 is 0.917 bits per heavy atom. The van der Waals surface area contributed by atoms with Crippen molar-refractivity contribution in [3.63, 3.8) is 0 Å². The van der Waals surface area contributed by atoms with E-state index in [-0.39, 0.29) is 29.4 Å². The fraction of sp³-hybridized carbons (Fsp3) is 0.241. The third-order valence-electron chi connectivity index (χ3n) is 6.06. The van der Waals surface area contributed by atoms with Gasteiger partial charge < -0.3 is 24.6 Å². The average molecular weight is 488 g/mol. The third kappa shape index (κ3) is 5.05. The number of likely N-dealkylation sites (tertiary alicyclic amines) is 1. The molecule has 0 saturated carbocycles. The van der Waals surface area contributed by atoms with Crippen LogP contribution in [0.3, 0.4) is 0 Å². The zero-order valence-electron chi connectivity index (χ0n) is 20.3. The van der Waals surface area contributed by atoms with E-state index in [9.17, 15) is 19.8 Å². The van der Waals surface area contributed by atoms with E-state index in [1.165, 1.54) is 11.0 Å². The van der Waals surface area contributed by atoms with Gasteiger partial charge in [0.05, 0.1) is 24.8 Å². The Balaban J connectivity index is 1.79. The molecule has 1 unspecified atom stereocenters. The standard InChI is InChI=1S/C29H29NO6/c1-3-35-22-13-10-20(11-14-22)27(32)25-26(21-12-15-23(31)24(18-21)36-4-2)30(29(34)28(25)33)17-16-19-8-6-5-7-9-19/h5-15,18,26,31-32H,3-4,16-17H2,1-2H3. The van der Waals surface area contributed by atoms with Crippen LogP contribution in [0.15, 0.2) is 78.4 Å². The van der Waals surface area contributed by atoms with Crippen molar-refractivity contribution in [3.8, 4) is 17.2 Å². The summed E-state index contributed by atoms with van der Waals surface area (Å²) in [6.45, 7) is 4.77. The van der Waals surface area contributed by atoms with E-state index in [0.717, 1.165) is 5.56 Å². The van der Waals surface area contributed by atoms with Crippen LogP contribution in [0.25, 0.3) is 5.76 Å². The minimum Gasteiger partial charge on any atom is -0.507 e. The lowest BCUT2D eigenvalue weighted by Crippen LogP contribution is -2.31. The second-order valence-corrected chi connectivity index (χ2v) is 8.35. The van der Waals surface area contributed by atoms with E-state index in [4.69, 9.17) is 9.47 Å². The highest BCUT2D eigenvalue weighted by molar-refractivity contribution is 6.46. The summed E-state index contributed by atoms with van der Waals surface area (Å²) in [6, 6.07) is 20.2. The summed E-state index contributed by atoms with van der Waals surface area (Å²) in [6.07, 6.45) is 0.532. The number of ketones is 1. The lowest BCUT2D eigenvalue weighted by molar-refractivity contribution is -0.139. The first kappa shape index (κ1) is 24.9. The molecule has 1 aliphatic heterocycles. The van der Waals surface area contributed by atoms with E-state index >= 15 is 0 Å². The van der Waals surface area contributed by atoms with Crippen LogP contribution in [0.4, 0.5) is 0 Å². The molecule has 7 heteroatoms. The maximum atomic E-state index is 13.3. The molecular formula is C29H29NO6. The van der Waals surface area contributed by atoms with Gasteiger partial charge in [-0.3, -0.25) is 9.59 Å². The molecule has 7 nitrogen and oxygen atoms in total. The van der Waals surface area contributed by atoms with Crippen molar-refractivity contribution in [2.45, 2.75) is 26.3 Å². The van der Waals surface area contributed by atoms with Crippen LogP contribution < -0.4 is 9.47 Å². The number of hydrogen-bond acceptors (Lipinski definition) is 6. The fourth-order valence-corrected chi connectivity index (χ4v) is 4.35. The predicted molar refractivity (Wildman–Crippen MR) is 136 cm³/mol. The van der Waals surface area contributed by atoms with E-state index in [0.29, 0.717) is 36.5 Å². The summed E-state index contributed by atoms with van der Waals surface area (Å²) in [5.74, 6) is -0.888. The van der Waals surface area contributed by atoms with Crippen LogP contribution in [0.2, 0.25) is 0 Å². The van der Waals surface area contributed by atoms with Crippen LogP contribution in [0.5, 0.6) is 17.2 Å². The van der Waals surface area contributed by atoms with Crippen LogP contribution in [0.1, 0.15) is 36.6 Å². The zero-order valence-corrected chi connectivity index (χ0v) is 20.3. The number of Topliss-reactive ketones (excluding diaryl/α,β-unsaturated/α-hetero) is 1. The molecule has 1 heterocycles. The quantitative estimate of drug-likeness (QED) is 0.254. The van der Waals surface area contributed by atoms with Crippen molar-refractivity contribution in [1.82, 2.24) is 4.90 Å².